The van der Waals surface area contributed by atoms with E-state index in [9.17, 15) is 13.2 Å². The topological polar surface area (TPSA) is 30.5 Å². The highest BCUT2D eigenvalue weighted by Crippen LogP contribution is 2.14. The quantitative estimate of drug-likeness (QED) is 0.641. The van der Waals surface area contributed by atoms with E-state index in [2.05, 4.69) is 10.1 Å². The summed E-state index contributed by atoms with van der Waals surface area (Å²) >= 11 is 0. The molecule has 0 saturated carbocycles. The fourth-order valence-corrected chi connectivity index (χ4v) is 0.980. The zero-order valence-electron chi connectivity index (χ0n) is 9.06. The molecule has 6 heteroatoms. The minimum absolute atomic E-state index is 0.0672. The van der Waals surface area contributed by atoms with E-state index in [-0.39, 0.29) is 12.7 Å². The first-order valence-corrected chi connectivity index (χ1v) is 4.86. The monoisotopic (exact) mass is 229 g/mol. The van der Waals surface area contributed by atoms with E-state index in [1.54, 1.807) is 0 Å². The van der Waals surface area contributed by atoms with Gasteiger partial charge in [-0.25, -0.2) is 0 Å². The number of hydrogen-bond acceptors (Lipinski definition) is 3. The van der Waals surface area contributed by atoms with Crippen molar-refractivity contribution in [3.63, 3.8) is 0 Å². The number of alkyl halides is 3. The van der Waals surface area contributed by atoms with E-state index in [1.165, 1.54) is 0 Å². The number of ether oxygens (including phenoxy) is 2. The maximum atomic E-state index is 11.6. The van der Waals surface area contributed by atoms with Crippen molar-refractivity contribution in [2.75, 3.05) is 33.4 Å². The molecule has 0 aromatic rings. The predicted molar refractivity (Wildman–Crippen MR) is 50.8 cm³/mol. The molecule has 0 aliphatic heterocycles. The lowest BCUT2D eigenvalue weighted by Crippen LogP contribution is -2.24. The number of halogens is 3. The van der Waals surface area contributed by atoms with Gasteiger partial charge in [0.2, 0.25) is 0 Å². The number of nitrogens with one attached hydrogen (secondary N) is 1. The van der Waals surface area contributed by atoms with Crippen LogP contribution in [0.25, 0.3) is 0 Å². The van der Waals surface area contributed by atoms with Gasteiger partial charge in [-0.1, -0.05) is 0 Å². The summed E-state index contributed by atoms with van der Waals surface area (Å²) in [4.78, 5) is 0. The molecule has 0 aromatic heterocycles. The van der Waals surface area contributed by atoms with Gasteiger partial charge in [-0.15, -0.1) is 0 Å². The average Bonchev–Trinajstić information content (AvgIpc) is 2.09. The van der Waals surface area contributed by atoms with Gasteiger partial charge >= 0.3 is 6.18 Å². The first-order chi connectivity index (χ1) is 6.95. The van der Waals surface area contributed by atoms with Crippen molar-refractivity contribution in [2.24, 2.45) is 0 Å². The third kappa shape index (κ3) is 11.6. The second-order valence-electron chi connectivity index (χ2n) is 3.26. The van der Waals surface area contributed by atoms with Gasteiger partial charge in [0.25, 0.3) is 0 Å². The van der Waals surface area contributed by atoms with Gasteiger partial charge in [0, 0.05) is 19.8 Å². The van der Waals surface area contributed by atoms with E-state index in [0.717, 1.165) is 6.54 Å². The van der Waals surface area contributed by atoms with Crippen LogP contribution in [0.1, 0.15) is 13.3 Å². The third-order valence-electron chi connectivity index (χ3n) is 1.59. The predicted octanol–water partition coefficient (Wildman–Crippen LogP) is 1.58. The van der Waals surface area contributed by atoms with Gasteiger partial charge in [0.15, 0.2) is 0 Å². The molecule has 0 amide bonds. The molecule has 0 heterocycles. The third-order valence-corrected chi connectivity index (χ3v) is 1.59. The summed E-state index contributed by atoms with van der Waals surface area (Å²) < 4.78 is 44.6. The van der Waals surface area contributed by atoms with Crippen LogP contribution in [0, 0.1) is 0 Å². The van der Waals surface area contributed by atoms with Crippen LogP contribution in [0.3, 0.4) is 0 Å². The van der Waals surface area contributed by atoms with Crippen molar-refractivity contribution in [3.05, 3.63) is 0 Å². The van der Waals surface area contributed by atoms with Crippen LogP contribution in [0.5, 0.6) is 0 Å². The summed E-state index contributed by atoms with van der Waals surface area (Å²) in [5, 5.41) is 2.93. The van der Waals surface area contributed by atoms with Crippen LogP contribution >= 0.6 is 0 Å². The molecule has 1 atom stereocenters. The van der Waals surface area contributed by atoms with Gasteiger partial charge in [-0.2, -0.15) is 13.2 Å². The lowest BCUT2D eigenvalue weighted by Gasteiger charge is -2.12. The van der Waals surface area contributed by atoms with Crippen LogP contribution in [0.2, 0.25) is 0 Å². The Morgan fingerprint density at radius 3 is 2.47 bits per heavy atom. The fourth-order valence-electron chi connectivity index (χ4n) is 0.980. The SMILES string of the molecule is CNCC(C)OCCCOCC(F)(F)F. The van der Waals surface area contributed by atoms with Crippen molar-refractivity contribution in [3.8, 4) is 0 Å². The van der Waals surface area contributed by atoms with E-state index < -0.39 is 12.8 Å². The minimum atomic E-state index is -4.24. The highest BCUT2D eigenvalue weighted by Gasteiger charge is 2.27. The van der Waals surface area contributed by atoms with Crippen LogP contribution in [0.4, 0.5) is 13.2 Å². The molecule has 92 valence electrons. The van der Waals surface area contributed by atoms with Crippen molar-refractivity contribution >= 4 is 0 Å². The summed E-state index contributed by atoms with van der Waals surface area (Å²) in [5.41, 5.74) is 0. The molecule has 15 heavy (non-hydrogen) atoms. The summed E-state index contributed by atoms with van der Waals surface area (Å²) in [6.45, 7) is 1.93. The molecule has 0 rings (SSSR count). The molecular weight excluding hydrogens is 211 g/mol. The Balaban J connectivity index is 3.18. The first-order valence-electron chi connectivity index (χ1n) is 4.86. The Bertz CT molecular complexity index is 153. The highest BCUT2D eigenvalue weighted by atomic mass is 19.4. The van der Waals surface area contributed by atoms with E-state index in [4.69, 9.17) is 4.74 Å². The molecule has 0 aliphatic carbocycles. The lowest BCUT2D eigenvalue weighted by atomic mass is 10.4. The molecular formula is C9H18F3NO2. The van der Waals surface area contributed by atoms with E-state index in [0.29, 0.717) is 13.0 Å². The van der Waals surface area contributed by atoms with Gasteiger partial charge < -0.3 is 14.8 Å². The summed E-state index contributed by atoms with van der Waals surface area (Å²) in [6.07, 6.45) is -3.69. The van der Waals surface area contributed by atoms with Crippen LogP contribution in [-0.2, 0) is 9.47 Å². The molecule has 1 N–H and O–H groups in total. The number of hydrogen-bond donors (Lipinski definition) is 1. The Morgan fingerprint density at radius 1 is 1.27 bits per heavy atom. The van der Waals surface area contributed by atoms with Gasteiger partial charge in [-0.3, -0.25) is 0 Å². The number of likely N-dealkylation sites (N-methyl/N-ethyl adjacent to an activating group) is 1. The Kier molecular flexibility index (Phi) is 7.72. The van der Waals surface area contributed by atoms with Crippen LogP contribution in [-0.4, -0.2) is 45.7 Å². The smallest absolute Gasteiger partial charge is 0.377 e. The van der Waals surface area contributed by atoms with E-state index >= 15 is 0 Å². The normalized spacial score (nSPS) is 14.2. The molecule has 1 unspecified atom stereocenters. The van der Waals surface area contributed by atoms with E-state index in [1.807, 2.05) is 14.0 Å². The van der Waals surface area contributed by atoms with Gasteiger partial charge in [0.05, 0.1) is 6.10 Å². The first kappa shape index (κ1) is 14.7. The van der Waals surface area contributed by atoms with Crippen molar-refractivity contribution in [1.82, 2.24) is 5.32 Å². The Morgan fingerprint density at radius 2 is 1.93 bits per heavy atom. The van der Waals surface area contributed by atoms with Crippen LogP contribution < -0.4 is 5.32 Å². The highest BCUT2D eigenvalue weighted by molar-refractivity contribution is 4.51. The molecule has 3 nitrogen and oxygen atoms in total. The molecule has 0 spiro atoms. The zero-order chi connectivity index (χ0) is 11.7. The molecule has 0 bridgehead atoms. The fraction of sp³-hybridized carbons (Fsp3) is 1.00. The number of rotatable bonds is 8. The second kappa shape index (κ2) is 7.90. The molecule has 0 saturated heterocycles. The standard InChI is InChI=1S/C9H18F3NO2/c1-8(6-13-2)15-5-3-4-14-7-9(10,11)12/h8,13H,3-7H2,1-2H3. The average molecular weight is 229 g/mol. The Labute approximate surface area is 87.9 Å². The second-order valence-corrected chi connectivity index (χ2v) is 3.26. The summed E-state index contributed by atoms with van der Waals surface area (Å²) in [7, 11) is 1.81. The van der Waals surface area contributed by atoms with Gasteiger partial charge in [0.1, 0.15) is 6.61 Å². The van der Waals surface area contributed by atoms with Crippen molar-refractivity contribution in [1.29, 1.82) is 0 Å². The molecule has 0 fully saturated rings. The Hall–Kier alpha value is -0.330. The largest absolute Gasteiger partial charge is 0.411 e. The maximum absolute atomic E-state index is 11.6. The van der Waals surface area contributed by atoms with Gasteiger partial charge in [-0.05, 0) is 20.4 Å². The zero-order valence-corrected chi connectivity index (χ0v) is 9.06. The molecule has 0 aliphatic rings. The lowest BCUT2D eigenvalue weighted by molar-refractivity contribution is -0.174. The summed E-state index contributed by atoms with van der Waals surface area (Å²) in [5.74, 6) is 0. The van der Waals surface area contributed by atoms with Crippen LogP contribution in [0.15, 0.2) is 0 Å². The van der Waals surface area contributed by atoms with Crippen molar-refractivity contribution in [2.45, 2.75) is 25.6 Å². The molecule has 0 aromatic carbocycles. The maximum Gasteiger partial charge on any atom is 0.411 e. The molecule has 0 radical (unpaired) electrons. The summed E-state index contributed by atoms with van der Waals surface area (Å²) in [6, 6.07) is 0. The minimum Gasteiger partial charge on any atom is -0.377 e. The van der Waals surface area contributed by atoms with Crippen molar-refractivity contribution < 1.29 is 22.6 Å².